The van der Waals surface area contributed by atoms with Gasteiger partial charge in [-0.2, -0.15) is 0 Å². The Kier molecular flexibility index (Phi) is 3.39. The van der Waals surface area contributed by atoms with Crippen molar-refractivity contribution in [3.05, 3.63) is 0 Å². The van der Waals surface area contributed by atoms with Crippen LogP contribution < -0.4 is 5.32 Å². The summed E-state index contributed by atoms with van der Waals surface area (Å²) in [6.45, 7) is 7.15. The van der Waals surface area contributed by atoms with Crippen LogP contribution >= 0.6 is 0 Å². The van der Waals surface area contributed by atoms with Crippen LogP contribution in [-0.4, -0.2) is 64.1 Å². The molecule has 4 heteroatoms. The third kappa shape index (κ3) is 2.12. The molecule has 17 heavy (non-hydrogen) atoms. The maximum atomic E-state index is 6.01. The first-order chi connectivity index (χ1) is 8.31. The molecule has 1 unspecified atom stereocenters. The fourth-order valence-electron chi connectivity index (χ4n) is 3.54. The molecule has 3 aliphatic heterocycles. The highest BCUT2D eigenvalue weighted by molar-refractivity contribution is 5.01. The van der Waals surface area contributed by atoms with Gasteiger partial charge in [0.25, 0.3) is 0 Å². The van der Waals surface area contributed by atoms with Crippen molar-refractivity contribution in [1.29, 1.82) is 0 Å². The summed E-state index contributed by atoms with van der Waals surface area (Å²) < 4.78 is 11.6. The second-order valence-electron chi connectivity index (χ2n) is 5.87. The predicted octanol–water partition coefficient (Wildman–Crippen LogP) is 0.333. The van der Waals surface area contributed by atoms with Crippen molar-refractivity contribution in [1.82, 2.24) is 10.2 Å². The molecule has 98 valence electrons. The maximum Gasteiger partial charge on any atom is 0.0803 e. The van der Waals surface area contributed by atoms with E-state index in [9.17, 15) is 0 Å². The Labute approximate surface area is 104 Å². The number of nitrogens with one attached hydrogen (secondary N) is 1. The highest BCUT2D eigenvalue weighted by Gasteiger charge is 2.52. The van der Waals surface area contributed by atoms with E-state index in [1.54, 1.807) is 0 Å². The SMILES string of the molecule is CN1CCC(C2(C3CNCCO3)COC2)CC1. The summed E-state index contributed by atoms with van der Waals surface area (Å²) in [5, 5.41) is 3.47. The van der Waals surface area contributed by atoms with Crippen LogP contribution in [-0.2, 0) is 9.47 Å². The second-order valence-corrected chi connectivity index (χ2v) is 5.87. The molecule has 4 nitrogen and oxygen atoms in total. The number of piperidine rings is 1. The van der Waals surface area contributed by atoms with Crippen LogP contribution in [0.25, 0.3) is 0 Å². The van der Waals surface area contributed by atoms with Gasteiger partial charge in [0, 0.05) is 18.5 Å². The van der Waals surface area contributed by atoms with Crippen LogP contribution in [0.5, 0.6) is 0 Å². The van der Waals surface area contributed by atoms with Gasteiger partial charge in [-0.05, 0) is 38.9 Å². The summed E-state index contributed by atoms with van der Waals surface area (Å²) >= 11 is 0. The fourth-order valence-corrected chi connectivity index (χ4v) is 3.54. The zero-order chi connectivity index (χ0) is 11.7. The molecule has 1 atom stereocenters. The molecule has 0 radical (unpaired) electrons. The summed E-state index contributed by atoms with van der Waals surface area (Å²) in [6, 6.07) is 0. The first kappa shape index (κ1) is 11.9. The monoisotopic (exact) mass is 240 g/mol. The second kappa shape index (κ2) is 4.84. The predicted molar refractivity (Wildman–Crippen MR) is 66.1 cm³/mol. The first-order valence-corrected chi connectivity index (χ1v) is 6.90. The Morgan fingerprint density at radius 2 is 2.00 bits per heavy atom. The zero-order valence-electron chi connectivity index (χ0n) is 10.8. The number of hydrogen-bond donors (Lipinski definition) is 1. The molecule has 0 aliphatic carbocycles. The van der Waals surface area contributed by atoms with E-state index < -0.39 is 0 Å². The van der Waals surface area contributed by atoms with Crippen molar-refractivity contribution in [3.8, 4) is 0 Å². The number of nitrogens with zero attached hydrogens (tertiary/aromatic N) is 1. The van der Waals surface area contributed by atoms with E-state index in [0.29, 0.717) is 11.5 Å². The van der Waals surface area contributed by atoms with Crippen molar-refractivity contribution in [2.45, 2.75) is 18.9 Å². The van der Waals surface area contributed by atoms with Crippen LogP contribution in [0.3, 0.4) is 0 Å². The number of ether oxygens (including phenoxy) is 2. The quantitative estimate of drug-likeness (QED) is 0.754. The molecule has 0 amide bonds. The van der Waals surface area contributed by atoms with Crippen LogP contribution in [0.2, 0.25) is 0 Å². The van der Waals surface area contributed by atoms with Crippen molar-refractivity contribution in [2.24, 2.45) is 11.3 Å². The minimum Gasteiger partial charge on any atom is -0.380 e. The van der Waals surface area contributed by atoms with Gasteiger partial charge in [0.2, 0.25) is 0 Å². The summed E-state index contributed by atoms with van der Waals surface area (Å²) in [5.41, 5.74) is 0.314. The summed E-state index contributed by atoms with van der Waals surface area (Å²) in [6.07, 6.45) is 2.98. The lowest BCUT2D eigenvalue weighted by Crippen LogP contribution is -2.62. The lowest BCUT2D eigenvalue weighted by atomic mass is 9.65. The van der Waals surface area contributed by atoms with Crippen molar-refractivity contribution >= 4 is 0 Å². The standard InChI is InChI=1S/C13H24N2O2/c1-15-5-2-11(3-6-15)13(9-16-10-13)12-8-14-4-7-17-12/h11-12,14H,2-10H2,1H3. The topological polar surface area (TPSA) is 33.7 Å². The number of hydrogen-bond acceptors (Lipinski definition) is 4. The molecule has 0 aromatic carbocycles. The minimum atomic E-state index is 0.314. The smallest absolute Gasteiger partial charge is 0.0803 e. The molecule has 0 saturated carbocycles. The third-order valence-electron chi connectivity index (χ3n) is 4.84. The van der Waals surface area contributed by atoms with Gasteiger partial charge in [0.15, 0.2) is 0 Å². The molecule has 0 bridgehead atoms. The Morgan fingerprint density at radius 1 is 1.24 bits per heavy atom. The molecule has 0 aromatic heterocycles. The molecular weight excluding hydrogens is 216 g/mol. The van der Waals surface area contributed by atoms with E-state index in [0.717, 1.165) is 38.8 Å². The lowest BCUT2D eigenvalue weighted by molar-refractivity contribution is -0.224. The average Bonchev–Trinajstić information content (AvgIpc) is 2.32. The van der Waals surface area contributed by atoms with E-state index in [-0.39, 0.29) is 0 Å². The van der Waals surface area contributed by atoms with E-state index in [1.807, 2.05) is 0 Å². The van der Waals surface area contributed by atoms with Crippen molar-refractivity contribution < 1.29 is 9.47 Å². The molecule has 0 spiro atoms. The van der Waals surface area contributed by atoms with E-state index >= 15 is 0 Å². The van der Waals surface area contributed by atoms with Gasteiger partial charge in [-0.25, -0.2) is 0 Å². The Bertz CT molecular complexity index is 254. The Balaban J connectivity index is 1.68. The van der Waals surface area contributed by atoms with Gasteiger partial charge >= 0.3 is 0 Å². The van der Waals surface area contributed by atoms with Crippen LogP contribution in [0, 0.1) is 11.3 Å². The lowest BCUT2D eigenvalue weighted by Gasteiger charge is -2.54. The fraction of sp³-hybridized carbons (Fsp3) is 1.00. The van der Waals surface area contributed by atoms with E-state index in [1.165, 1.54) is 25.9 Å². The van der Waals surface area contributed by atoms with Crippen LogP contribution in [0.1, 0.15) is 12.8 Å². The van der Waals surface area contributed by atoms with Crippen LogP contribution in [0.15, 0.2) is 0 Å². The average molecular weight is 240 g/mol. The summed E-state index contributed by atoms with van der Waals surface area (Å²) in [4.78, 5) is 2.43. The summed E-state index contributed by atoms with van der Waals surface area (Å²) in [7, 11) is 2.22. The normalized spacial score (nSPS) is 35.5. The van der Waals surface area contributed by atoms with Crippen LogP contribution in [0.4, 0.5) is 0 Å². The number of morpholine rings is 1. The first-order valence-electron chi connectivity index (χ1n) is 6.90. The highest BCUT2D eigenvalue weighted by Crippen LogP contribution is 2.45. The highest BCUT2D eigenvalue weighted by atomic mass is 16.5. The number of rotatable bonds is 2. The molecule has 3 fully saturated rings. The maximum absolute atomic E-state index is 6.01. The van der Waals surface area contributed by atoms with Gasteiger partial charge in [0.05, 0.1) is 25.9 Å². The molecular formula is C13H24N2O2. The van der Waals surface area contributed by atoms with Gasteiger partial charge < -0.3 is 19.7 Å². The summed E-state index contributed by atoms with van der Waals surface area (Å²) in [5.74, 6) is 0.789. The van der Waals surface area contributed by atoms with Gasteiger partial charge in [-0.3, -0.25) is 0 Å². The molecule has 0 aromatic rings. The van der Waals surface area contributed by atoms with Crippen molar-refractivity contribution in [3.63, 3.8) is 0 Å². The third-order valence-corrected chi connectivity index (χ3v) is 4.84. The Hall–Kier alpha value is -0.160. The zero-order valence-corrected chi connectivity index (χ0v) is 10.8. The molecule has 3 rings (SSSR count). The molecule has 3 heterocycles. The molecule has 3 saturated heterocycles. The van der Waals surface area contributed by atoms with E-state index in [2.05, 4.69) is 17.3 Å². The van der Waals surface area contributed by atoms with E-state index in [4.69, 9.17) is 9.47 Å². The molecule has 3 aliphatic rings. The number of likely N-dealkylation sites (tertiary alicyclic amines) is 1. The van der Waals surface area contributed by atoms with Crippen molar-refractivity contribution in [2.75, 3.05) is 53.0 Å². The Morgan fingerprint density at radius 3 is 2.53 bits per heavy atom. The van der Waals surface area contributed by atoms with Gasteiger partial charge in [-0.15, -0.1) is 0 Å². The van der Waals surface area contributed by atoms with Gasteiger partial charge in [0.1, 0.15) is 0 Å². The largest absolute Gasteiger partial charge is 0.380 e. The minimum absolute atomic E-state index is 0.314. The van der Waals surface area contributed by atoms with Gasteiger partial charge in [-0.1, -0.05) is 0 Å². The molecule has 1 N–H and O–H groups in total.